The third-order valence-electron chi connectivity index (χ3n) is 2.58. The van der Waals surface area contributed by atoms with Crippen LogP contribution in [0.5, 0.6) is 0 Å². The fourth-order valence-corrected chi connectivity index (χ4v) is 1.69. The van der Waals surface area contributed by atoms with Gasteiger partial charge in [-0.25, -0.2) is 4.79 Å². The van der Waals surface area contributed by atoms with Gasteiger partial charge in [0.05, 0.1) is 0 Å². The Hall–Kier alpha value is -1.75. The second-order valence-corrected chi connectivity index (χ2v) is 6.25. The number of hydrogen-bond acceptors (Lipinski definition) is 3. The largest absolute Gasteiger partial charge is 0.444 e. The van der Waals surface area contributed by atoms with Crippen molar-refractivity contribution in [3.8, 4) is 0 Å². The molecule has 0 saturated carbocycles. The monoisotopic (exact) mass is 312 g/mol. The lowest BCUT2D eigenvalue weighted by Gasteiger charge is -2.21. The summed E-state index contributed by atoms with van der Waals surface area (Å²) in [5, 5.41) is 5.74. The second kappa shape index (κ2) is 6.80. The maximum Gasteiger partial charge on any atom is 0.408 e. The molecule has 1 aromatic rings. The van der Waals surface area contributed by atoms with Crippen LogP contribution in [0.25, 0.3) is 0 Å². The highest BCUT2D eigenvalue weighted by Gasteiger charge is 2.21. The van der Waals surface area contributed by atoms with Crippen LogP contribution in [-0.2, 0) is 9.53 Å². The molecule has 2 N–H and O–H groups in total. The number of alkyl carbamates (subject to hydrolysis) is 1. The number of anilines is 1. The SMILES string of the molecule is Cc1ccc(Cl)cc1NC(=O)[C@@H](C)NC(=O)OC(C)(C)C. The number of aryl methyl sites for hydroxylation is 1. The number of carbonyl (C=O) groups is 2. The highest BCUT2D eigenvalue weighted by Crippen LogP contribution is 2.20. The van der Waals surface area contributed by atoms with Crippen molar-refractivity contribution in [2.75, 3.05) is 5.32 Å². The number of nitrogens with one attached hydrogen (secondary N) is 2. The molecule has 6 heteroatoms. The summed E-state index contributed by atoms with van der Waals surface area (Å²) in [4.78, 5) is 23.7. The van der Waals surface area contributed by atoms with Crippen molar-refractivity contribution < 1.29 is 14.3 Å². The van der Waals surface area contributed by atoms with Gasteiger partial charge in [0.25, 0.3) is 0 Å². The van der Waals surface area contributed by atoms with Crippen LogP contribution in [0.15, 0.2) is 18.2 Å². The third kappa shape index (κ3) is 6.04. The van der Waals surface area contributed by atoms with E-state index in [1.165, 1.54) is 0 Å². The molecule has 0 heterocycles. The fraction of sp³-hybridized carbons (Fsp3) is 0.467. The van der Waals surface area contributed by atoms with E-state index >= 15 is 0 Å². The number of amides is 2. The Morgan fingerprint density at radius 2 is 1.90 bits per heavy atom. The lowest BCUT2D eigenvalue weighted by atomic mass is 10.2. The van der Waals surface area contributed by atoms with Crippen molar-refractivity contribution in [3.63, 3.8) is 0 Å². The van der Waals surface area contributed by atoms with Crippen molar-refractivity contribution in [2.24, 2.45) is 0 Å². The first kappa shape index (κ1) is 17.3. The van der Waals surface area contributed by atoms with Crippen molar-refractivity contribution in [1.29, 1.82) is 0 Å². The van der Waals surface area contributed by atoms with Crippen LogP contribution >= 0.6 is 11.6 Å². The van der Waals surface area contributed by atoms with Crippen LogP contribution in [0.1, 0.15) is 33.3 Å². The first-order valence-electron chi connectivity index (χ1n) is 6.65. The van der Waals surface area contributed by atoms with Gasteiger partial charge in [-0.2, -0.15) is 0 Å². The number of carbonyl (C=O) groups excluding carboxylic acids is 2. The molecule has 1 rings (SSSR count). The van der Waals surface area contributed by atoms with E-state index in [9.17, 15) is 9.59 Å². The van der Waals surface area contributed by atoms with Gasteiger partial charge in [0.2, 0.25) is 5.91 Å². The standard InChI is InChI=1S/C15H21ClN2O3/c1-9-6-7-11(16)8-12(9)18-13(19)10(2)17-14(20)21-15(3,4)5/h6-8,10H,1-5H3,(H,17,20)(H,18,19)/t10-/m1/s1. The molecule has 0 spiro atoms. The number of hydrogen-bond donors (Lipinski definition) is 2. The van der Waals surface area contributed by atoms with E-state index in [4.69, 9.17) is 16.3 Å². The average molecular weight is 313 g/mol. The number of ether oxygens (including phenoxy) is 1. The summed E-state index contributed by atoms with van der Waals surface area (Å²) >= 11 is 5.90. The van der Waals surface area contributed by atoms with E-state index in [-0.39, 0.29) is 5.91 Å². The minimum Gasteiger partial charge on any atom is -0.444 e. The fourth-order valence-electron chi connectivity index (χ4n) is 1.52. The van der Waals surface area contributed by atoms with Crippen LogP contribution < -0.4 is 10.6 Å². The molecule has 2 amide bonds. The van der Waals surface area contributed by atoms with Gasteiger partial charge in [0.1, 0.15) is 11.6 Å². The van der Waals surface area contributed by atoms with Crippen molar-refractivity contribution in [2.45, 2.75) is 46.3 Å². The first-order chi connectivity index (χ1) is 9.58. The highest BCUT2D eigenvalue weighted by molar-refractivity contribution is 6.31. The average Bonchev–Trinajstić information content (AvgIpc) is 2.31. The molecule has 0 aliphatic heterocycles. The van der Waals surface area contributed by atoms with Crippen LogP contribution in [0.3, 0.4) is 0 Å². The number of rotatable bonds is 3. The molecule has 21 heavy (non-hydrogen) atoms. The topological polar surface area (TPSA) is 67.4 Å². The minimum absolute atomic E-state index is 0.341. The lowest BCUT2D eigenvalue weighted by molar-refractivity contribution is -0.117. The molecule has 0 aliphatic rings. The molecule has 0 bridgehead atoms. The van der Waals surface area contributed by atoms with E-state index in [2.05, 4.69) is 10.6 Å². The lowest BCUT2D eigenvalue weighted by Crippen LogP contribution is -2.44. The van der Waals surface area contributed by atoms with Crippen LogP contribution in [0.2, 0.25) is 5.02 Å². The molecule has 116 valence electrons. The van der Waals surface area contributed by atoms with Gasteiger partial charge in [-0.15, -0.1) is 0 Å². The van der Waals surface area contributed by atoms with Crippen molar-refractivity contribution in [1.82, 2.24) is 5.32 Å². The maximum atomic E-state index is 12.1. The predicted molar refractivity (Wildman–Crippen MR) is 83.7 cm³/mol. The molecular weight excluding hydrogens is 292 g/mol. The van der Waals surface area contributed by atoms with Crippen LogP contribution in [0, 0.1) is 6.92 Å². The molecule has 0 unspecified atom stereocenters. The van der Waals surface area contributed by atoms with Crippen LogP contribution in [0.4, 0.5) is 10.5 Å². The molecule has 5 nitrogen and oxygen atoms in total. The van der Waals surface area contributed by atoms with Gasteiger partial charge >= 0.3 is 6.09 Å². The van der Waals surface area contributed by atoms with Crippen molar-refractivity contribution >= 4 is 29.3 Å². The minimum atomic E-state index is -0.724. The summed E-state index contributed by atoms with van der Waals surface area (Å²) in [5.41, 5.74) is 0.895. The van der Waals surface area contributed by atoms with Crippen molar-refractivity contribution in [3.05, 3.63) is 28.8 Å². The van der Waals surface area contributed by atoms with E-state index < -0.39 is 17.7 Å². The second-order valence-electron chi connectivity index (χ2n) is 5.82. The van der Waals surface area contributed by atoms with Gasteiger partial charge in [0, 0.05) is 10.7 Å². The van der Waals surface area contributed by atoms with E-state index in [1.54, 1.807) is 39.8 Å². The Morgan fingerprint density at radius 1 is 1.29 bits per heavy atom. The molecule has 0 radical (unpaired) electrons. The van der Waals surface area contributed by atoms with E-state index in [0.717, 1.165) is 5.56 Å². The smallest absolute Gasteiger partial charge is 0.408 e. The molecule has 1 atom stereocenters. The molecule has 0 fully saturated rings. The Kier molecular flexibility index (Phi) is 5.61. The summed E-state index contributed by atoms with van der Waals surface area (Å²) in [5.74, 6) is -0.341. The zero-order valence-electron chi connectivity index (χ0n) is 12.9. The highest BCUT2D eigenvalue weighted by atomic mass is 35.5. The first-order valence-corrected chi connectivity index (χ1v) is 7.03. The summed E-state index contributed by atoms with van der Waals surface area (Å²) in [6.07, 6.45) is -0.632. The molecule has 0 aromatic heterocycles. The third-order valence-corrected chi connectivity index (χ3v) is 2.82. The van der Waals surface area contributed by atoms with Gasteiger partial charge in [0.15, 0.2) is 0 Å². The molecule has 0 saturated heterocycles. The van der Waals surface area contributed by atoms with Gasteiger partial charge in [-0.1, -0.05) is 17.7 Å². The zero-order valence-corrected chi connectivity index (χ0v) is 13.7. The molecular formula is C15H21ClN2O3. The van der Waals surface area contributed by atoms with Gasteiger partial charge in [-0.3, -0.25) is 4.79 Å². The number of halogens is 1. The normalized spacial score (nSPS) is 12.5. The zero-order chi connectivity index (χ0) is 16.2. The quantitative estimate of drug-likeness (QED) is 0.897. The van der Waals surface area contributed by atoms with Crippen LogP contribution in [-0.4, -0.2) is 23.6 Å². The Balaban J connectivity index is 2.63. The predicted octanol–water partition coefficient (Wildman–Crippen LogP) is 3.50. The van der Waals surface area contributed by atoms with Gasteiger partial charge in [-0.05, 0) is 52.3 Å². The molecule has 1 aromatic carbocycles. The molecule has 0 aliphatic carbocycles. The van der Waals surface area contributed by atoms with E-state index in [0.29, 0.717) is 10.7 Å². The Labute approximate surface area is 130 Å². The number of benzene rings is 1. The summed E-state index contributed by atoms with van der Waals surface area (Å²) in [7, 11) is 0. The van der Waals surface area contributed by atoms with E-state index in [1.807, 2.05) is 13.0 Å². The summed E-state index contributed by atoms with van der Waals surface area (Å²) in [6, 6.07) is 4.49. The summed E-state index contributed by atoms with van der Waals surface area (Å²) < 4.78 is 5.10. The summed E-state index contributed by atoms with van der Waals surface area (Å²) in [6.45, 7) is 8.71. The van der Waals surface area contributed by atoms with Gasteiger partial charge < -0.3 is 15.4 Å². The Morgan fingerprint density at radius 3 is 2.48 bits per heavy atom. The maximum absolute atomic E-state index is 12.1. The Bertz CT molecular complexity index is 538.